The van der Waals surface area contributed by atoms with E-state index in [4.69, 9.17) is 0 Å². The first-order valence-corrected chi connectivity index (χ1v) is 7.27. The van der Waals surface area contributed by atoms with Gasteiger partial charge in [0.1, 0.15) is 5.82 Å². The number of hydrogen-bond donors (Lipinski definition) is 1. The maximum Gasteiger partial charge on any atom is 0.230 e. The van der Waals surface area contributed by atoms with Gasteiger partial charge in [-0.1, -0.05) is 41.5 Å². The number of pyridine rings is 1. The molecule has 0 unspecified atom stereocenters. The van der Waals surface area contributed by atoms with Crippen LogP contribution in [0.25, 0.3) is 0 Å². The van der Waals surface area contributed by atoms with Gasteiger partial charge >= 0.3 is 0 Å². The Balaban J connectivity index is 2.97. The lowest BCUT2D eigenvalue weighted by molar-refractivity contribution is -0.123. The molecular formula is C17H28N2O. The Kier molecular flexibility index (Phi) is 4.95. The van der Waals surface area contributed by atoms with Crippen LogP contribution in [0.1, 0.15) is 59.1 Å². The second kappa shape index (κ2) is 5.94. The summed E-state index contributed by atoms with van der Waals surface area (Å²) in [5.74, 6) is 0.724. The van der Waals surface area contributed by atoms with Gasteiger partial charge in [0, 0.05) is 11.6 Å². The van der Waals surface area contributed by atoms with E-state index in [1.165, 1.54) is 5.56 Å². The van der Waals surface area contributed by atoms with E-state index >= 15 is 0 Å². The Morgan fingerprint density at radius 1 is 1.20 bits per heavy atom. The summed E-state index contributed by atoms with van der Waals surface area (Å²) in [5, 5.41) is 2.98. The third kappa shape index (κ3) is 4.95. The summed E-state index contributed by atoms with van der Waals surface area (Å²) in [5.41, 5.74) is 2.20. The molecule has 3 nitrogen and oxygen atoms in total. The third-order valence-electron chi connectivity index (χ3n) is 3.33. The van der Waals surface area contributed by atoms with Crippen LogP contribution in [0.3, 0.4) is 0 Å². The van der Waals surface area contributed by atoms with Crippen molar-refractivity contribution >= 4 is 11.7 Å². The Labute approximate surface area is 123 Å². The van der Waals surface area contributed by atoms with Crippen LogP contribution in [0.2, 0.25) is 0 Å². The summed E-state index contributed by atoms with van der Waals surface area (Å²) in [6, 6.07) is 2.00. The fourth-order valence-electron chi connectivity index (χ4n) is 1.81. The average Bonchev–Trinajstić information content (AvgIpc) is 2.25. The first-order valence-electron chi connectivity index (χ1n) is 7.27. The normalized spacial score (nSPS) is 12.3. The molecule has 0 aromatic carbocycles. The molecule has 0 aliphatic carbocycles. The van der Waals surface area contributed by atoms with Crippen LogP contribution >= 0.6 is 0 Å². The summed E-state index contributed by atoms with van der Waals surface area (Å²) in [6.45, 7) is 14.5. The van der Waals surface area contributed by atoms with Gasteiger partial charge in [0.05, 0.1) is 0 Å². The molecule has 0 fully saturated rings. The van der Waals surface area contributed by atoms with E-state index in [-0.39, 0.29) is 11.3 Å². The van der Waals surface area contributed by atoms with Crippen molar-refractivity contribution in [3.63, 3.8) is 0 Å². The van der Waals surface area contributed by atoms with Crippen molar-refractivity contribution in [2.45, 2.75) is 61.3 Å². The van der Waals surface area contributed by atoms with Crippen LogP contribution in [0.5, 0.6) is 0 Å². The van der Waals surface area contributed by atoms with Gasteiger partial charge in [0.25, 0.3) is 0 Å². The van der Waals surface area contributed by atoms with Gasteiger partial charge in [-0.3, -0.25) is 4.79 Å². The first kappa shape index (κ1) is 16.7. The standard InChI is InChI=1S/C17H28N2O/c1-12-9-11-18-14(19-15(20)17(5,6)7)13(12)8-10-16(2,3)4/h9,11H,8,10H2,1-7H3,(H,18,19,20). The Morgan fingerprint density at radius 3 is 2.30 bits per heavy atom. The van der Waals surface area contributed by atoms with Gasteiger partial charge < -0.3 is 5.32 Å². The van der Waals surface area contributed by atoms with E-state index in [9.17, 15) is 4.79 Å². The fourth-order valence-corrected chi connectivity index (χ4v) is 1.81. The number of hydrogen-bond acceptors (Lipinski definition) is 2. The number of carbonyl (C=O) groups is 1. The number of amides is 1. The molecule has 0 bridgehead atoms. The van der Waals surface area contributed by atoms with Crippen LogP contribution in [-0.4, -0.2) is 10.9 Å². The van der Waals surface area contributed by atoms with Gasteiger partial charge in [-0.05, 0) is 42.4 Å². The van der Waals surface area contributed by atoms with E-state index in [0.29, 0.717) is 5.82 Å². The number of aromatic nitrogens is 1. The SMILES string of the molecule is Cc1ccnc(NC(=O)C(C)(C)C)c1CCC(C)(C)C. The molecule has 1 N–H and O–H groups in total. The van der Waals surface area contributed by atoms with Gasteiger partial charge in [-0.2, -0.15) is 0 Å². The number of carbonyl (C=O) groups excluding carboxylic acids is 1. The summed E-state index contributed by atoms with van der Waals surface area (Å²) in [7, 11) is 0. The Morgan fingerprint density at radius 2 is 1.80 bits per heavy atom. The molecule has 0 radical (unpaired) electrons. The molecule has 1 aromatic rings. The smallest absolute Gasteiger partial charge is 0.230 e. The second-order valence-corrected chi connectivity index (χ2v) is 7.72. The van der Waals surface area contributed by atoms with Crippen molar-refractivity contribution in [1.82, 2.24) is 4.98 Å². The van der Waals surface area contributed by atoms with Crippen molar-refractivity contribution < 1.29 is 4.79 Å². The zero-order chi connectivity index (χ0) is 15.6. The minimum atomic E-state index is -0.410. The highest BCUT2D eigenvalue weighted by atomic mass is 16.2. The molecular weight excluding hydrogens is 248 g/mol. The highest BCUT2D eigenvalue weighted by Crippen LogP contribution is 2.27. The van der Waals surface area contributed by atoms with Crippen LogP contribution in [0, 0.1) is 17.8 Å². The molecule has 0 saturated carbocycles. The molecule has 0 aliphatic rings. The predicted molar refractivity (Wildman–Crippen MR) is 84.8 cm³/mol. The molecule has 0 spiro atoms. The van der Waals surface area contributed by atoms with Crippen LogP contribution in [0.4, 0.5) is 5.82 Å². The van der Waals surface area contributed by atoms with E-state index in [1.54, 1.807) is 6.20 Å². The molecule has 0 saturated heterocycles. The number of nitrogens with one attached hydrogen (secondary N) is 1. The Bertz CT molecular complexity index is 479. The lowest BCUT2D eigenvalue weighted by atomic mass is 9.88. The topological polar surface area (TPSA) is 42.0 Å². The lowest BCUT2D eigenvalue weighted by Crippen LogP contribution is -2.28. The molecule has 20 heavy (non-hydrogen) atoms. The molecule has 1 amide bonds. The number of aryl methyl sites for hydroxylation is 1. The van der Waals surface area contributed by atoms with E-state index < -0.39 is 5.41 Å². The van der Waals surface area contributed by atoms with Crippen molar-refractivity contribution in [2.24, 2.45) is 10.8 Å². The fraction of sp³-hybridized carbons (Fsp3) is 0.647. The van der Waals surface area contributed by atoms with E-state index in [2.05, 4.69) is 38.0 Å². The van der Waals surface area contributed by atoms with Crippen LogP contribution in [0.15, 0.2) is 12.3 Å². The Hall–Kier alpha value is -1.38. The van der Waals surface area contributed by atoms with Crippen molar-refractivity contribution in [1.29, 1.82) is 0 Å². The highest BCUT2D eigenvalue weighted by molar-refractivity contribution is 5.94. The first-order chi connectivity index (χ1) is 9.00. The molecule has 3 heteroatoms. The maximum absolute atomic E-state index is 12.1. The van der Waals surface area contributed by atoms with E-state index in [0.717, 1.165) is 18.4 Å². The third-order valence-corrected chi connectivity index (χ3v) is 3.33. The monoisotopic (exact) mass is 276 g/mol. The average molecular weight is 276 g/mol. The van der Waals surface area contributed by atoms with Crippen molar-refractivity contribution in [3.05, 3.63) is 23.4 Å². The van der Waals surface area contributed by atoms with Crippen LogP contribution in [-0.2, 0) is 11.2 Å². The molecule has 1 heterocycles. The minimum Gasteiger partial charge on any atom is -0.310 e. The quantitative estimate of drug-likeness (QED) is 0.891. The second-order valence-electron chi connectivity index (χ2n) is 7.72. The summed E-state index contributed by atoms with van der Waals surface area (Å²) >= 11 is 0. The number of rotatable bonds is 3. The van der Waals surface area contributed by atoms with Crippen LogP contribution < -0.4 is 5.32 Å². The number of nitrogens with zero attached hydrogens (tertiary/aromatic N) is 1. The minimum absolute atomic E-state index is 0.00705. The lowest BCUT2D eigenvalue weighted by Gasteiger charge is -2.22. The number of anilines is 1. The van der Waals surface area contributed by atoms with Gasteiger partial charge in [-0.15, -0.1) is 0 Å². The predicted octanol–water partition coefficient (Wildman–Crippen LogP) is 4.35. The van der Waals surface area contributed by atoms with Crippen molar-refractivity contribution in [3.8, 4) is 0 Å². The summed E-state index contributed by atoms with van der Waals surface area (Å²) in [6.07, 6.45) is 3.76. The molecule has 112 valence electrons. The maximum atomic E-state index is 12.1. The molecule has 1 aromatic heterocycles. The molecule has 1 rings (SSSR count). The summed E-state index contributed by atoms with van der Waals surface area (Å²) < 4.78 is 0. The summed E-state index contributed by atoms with van der Waals surface area (Å²) in [4.78, 5) is 16.5. The zero-order valence-electron chi connectivity index (χ0n) is 13.9. The molecule has 0 aliphatic heterocycles. The molecule has 0 atom stereocenters. The highest BCUT2D eigenvalue weighted by Gasteiger charge is 2.23. The van der Waals surface area contributed by atoms with Gasteiger partial charge in [-0.25, -0.2) is 4.98 Å². The van der Waals surface area contributed by atoms with Gasteiger partial charge in [0.2, 0.25) is 5.91 Å². The van der Waals surface area contributed by atoms with E-state index in [1.807, 2.05) is 26.8 Å². The van der Waals surface area contributed by atoms with Gasteiger partial charge in [0.15, 0.2) is 0 Å². The largest absolute Gasteiger partial charge is 0.310 e. The van der Waals surface area contributed by atoms with Crippen molar-refractivity contribution in [2.75, 3.05) is 5.32 Å². The zero-order valence-corrected chi connectivity index (χ0v) is 13.9.